The second-order valence-electron chi connectivity index (χ2n) is 7.29. The molecule has 0 radical (unpaired) electrons. The number of carbonyl (C=O) groups excluding carboxylic acids is 1. The Bertz CT molecular complexity index is 902. The summed E-state index contributed by atoms with van der Waals surface area (Å²) < 4.78 is 13.2. The van der Waals surface area contributed by atoms with E-state index in [0.717, 1.165) is 29.7 Å². The van der Waals surface area contributed by atoms with Crippen molar-refractivity contribution in [1.29, 1.82) is 0 Å². The molecule has 1 N–H and O–H groups in total. The maximum absolute atomic E-state index is 12.6. The number of hydrogen-bond acceptors (Lipinski definition) is 5. The number of aromatic nitrogens is 2. The molecule has 1 aromatic heterocycles. The van der Waals surface area contributed by atoms with Crippen LogP contribution >= 0.6 is 0 Å². The minimum atomic E-state index is -0.434. The molecule has 0 unspecified atom stereocenters. The number of rotatable bonds is 3. The lowest BCUT2D eigenvalue weighted by molar-refractivity contribution is -0.123. The quantitative estimate of drug-likeness (QED) is 0.891. The van der Waals surface area contributed by atoms with E-state index in [9.17, 15) is 9.59 Å². The summed E-state index contributed by atoms with van der Waals surface area (Å²) in [6.07, 6.45) is 5.28. The average molecular weight is 369 g/mol. The number of ether oxygens (including phenoxy) is 2. The van der Waals surface area contributed by atoms with Crippen molar-refractivity contribution < 1.29 is 14.3 Å². The highest BCUT2D eigenvalue weighted by Gasteiger charge is 2.42. The molecular weight excluding hydrogens is 346 g/mol. The number of benzene rings is 1. The number of nitrogens with zero attached hydrogens (tertiary/aromatic N) is 2. The van der Waals surface area contributed by atoms with Crippen molar-refractivity contribution in [2.24, 2.45) is 0 Å². The second-order valence-corrected chi connectivity index (χ2v) is 7.29. The minimum Gasteiger partial charge on any atom is -0.487 e. The fourth-order valence-electron chi connectivity index (χ4n) is 3.87. The molecule has 2 aromatic rings. The van der Waals surface area contributed by atoms with Crippen LogP contribution in [0.2, 0.25) is 0 Å². The Labute approximate surface area is 157 Å². The van der Waals surface area contributed by atoms with Gasteiger partial charge in [-0.05, 0) is 19.1 Å². The summed E-state index contributed by atoms with van der Waals surface area (Å²) in [5.74, 6) is 0.601. The van der Waals surface area contributed by atoms with Crippen LogP contribution in [0.15, 0.2) is 41.5 Å². The Hall–Kier alpha value is -2.67. The molecule has 2 aliphatic heterocycles. The normalized spacial score (nSPS) is 20.6. The van der Waals surface area contributed by atoms with Gasteiger partial charge in [-0.2, -0.15) is 0 Å². The molecule has 3 heterocycles. The van der Waals surface area contributed by atoms with Crippen molar-refractivity contribution in [2.75, 3.05) is 13.2 Å². The zero-order chi connectivity index (χ0) is 18.9. The van der Waals surface area contributed by atoms with Gasteiger partial charge < -0.3 is 14.8 Å². The Kier molecular flexibility index (Phi) is 4.70. The summed E-state index contributed by atoms with van der Waals surface area (Å²) in [4.78, 5) is 28.1. The number of fused-ring (bicyclic) bond motifs is 1. The van der Waals surface area contributed by atoms with Crippen molar-refractivity contribution in [2.45, 2.75) is 44.4 Å². The van der Waals surface area contributed by atoms with Gasteiger partial charge in [0.25, 0.3) is 0 Å². The molecule has 1 amide bonds. The smallest absolute Gasteiger partial charge is 0.347 e. The molecule has 0 bridgehead atoms. The van der Waals surface area contributed by atoms with E-state index in [-0.39, 0.29) is 24.1 Å². The summed E-state index contributed by atoms with van der Waals surface area (Å²) >= 11 is 0. The largest absolute Gasteiger partial charge is 0.487 e. The molecule has 1 atom stereocenters. The first kappa shape index (κ1) is 17.7. The van der Waals surface area contributed by atoms with Crippen molar-refractivity contribution >= 4 is 5.91 Å². The van der Waals surface area contributed by atoms with Crippen LogP contribution in [0, 0.1) is 6.92 Å². The molecule has 7 heteroatoms. The summed E-state index contributed by atoms with van der Waals surface area (Å²) in [6.45, 7) is 3.29. The molecule has 1 spiro atoms. The van der Waals surface area contributed by atoms with Crippen molar-refractivity contribution in [3.05, 3.63) is 58.3 Å². The third-order valence-corrected chi connectivity index (χ3v) is 5.28. The van der Waals surface area contributed by atoms with Gasteiger partial charge in [0.15, 0.2) is 0 Å². The van der Waals surface area contributed by atoms with Crippen molar-refractivity contribution in [3.8, 4) is 5.75 Å². The van der Waals surface area contributed by atoms with Gasteiger partial charge in [-0.1, -0.05) is 17.7 Å². The monoisotopic (exact) mass is 369 g/mol. The lowest BCUT2D eigenvalue weighted by Gasteiger charge is -2.44. The first-order valence-corrected chi connectivity index (χ1v) is 9.23. The van der Waals surface area contributed by atoms with Gasteiger partial charge in [-0.15, -0.1) is 0 Å². The van der Waals surface area contributed by atoms with E-state index in [1.54, 1.807) is 12.3 Å². The summed E-state index contributed by atoms with van der Waals surface area (Å²) in [5.41, 5.74) is 1.35. The highest BCUT2D eigenvalue weighted by molar-refractivity contribution is 5.76. The lowest BCUT2D eigenvalue weighted by Crippen LogP contribution is -2.49. The molecule has 142 valence electrons. The first-order chi connectivity index (χ1) is 13.0. The standard InChI is InChI=1S/C20H23N3O4/c1-14-3-4-17-15(11-14)16(12-20(27-17)5-9-26-10-6-20)22-18(24)13-23-8-2-7-21-19(23)25/h2-4,7-8,11,16H,5-6,9-10,12-13H2,1H3,(H,22,24)/t16-/m1/s1. The zero-order valence-electron chi connectivity index (χ0n) is 15.3. The topological polar surface area (TPSA) is 82.5 Å². The van der Waals surface area contributed by atoms with Crippen LogP contribution in [0.1, 0.15) is 36.4 Å². The van der Waals surface area contributed by atoms with Gasteiger partial charge in [0.2, 0.25) is 5.91 Å². The Morgan fingerprint density at radius 1 is 1.37 bits per heavy atom. The minimum absolute atomic E-state index is 0.0543. The van der Waals surface area contributed by atoms with Gasteiger partial charge in [0.05, 0.1) is 19.3 Å². The van der Waals surface area contributed by atoms with Crippen LogP contribution in [0.3, 0.4) is 0 Å². The third kappa shape index (κ3) is 3.73. The molecule has 4 rings (SSSR count). The number of hydrogen-bond donors (Lipinski definition) is 1. The van der Waals surface area contributed by atoms with Crippen molar-refractivity contribution in [1.82, 2.24) is 14.9 Å². The number of nitrogens with one attached hydrogen (secondary N) is 1. The molecule has 2 aliphatic rings. The fourth-order valence-corrected chi connectivity index (χ4v) is 3.87. The molecule has 27 heavy (non-hydrogen) atoms. The Morgan fingerprint density at radius 3 is 2.96 bits per heavy atom. The van der Waals surface area contributed by atoms with E-state index in [4.69, 9.17) is 9.47 Å². The molecule has 0 aliphatic carbocycles. The molecule has 1 fully saturated rings. The van der Waals surface area contributed by atoms with Gasteiger partial charge in [-0.25, -0.2) is 9.78 Å². The van der Waals surface area contributed by atoms with E-state index in [2.05, 4.69) is 16.4 Å². The number of aryl methyl sites for hydroxylation is 1. The predicted octanol–water partition coefficient (Wildman–Crippen LogP) is 1.74. The van der Waals surface area contributed by atoms with Gasteiger partial charge in [0.1, 0.15) is 17.9 Å². The molecule has 7 nitrogen and oxygen atoms in total. The third-order valence-electron chi connectivity index (χ3n) is 5.28. The van der Waals surface area contributed by atoms with Crippen LogP contribution in [0.5, 0.6) is 5.75 Å². The summed E-state index contributed by atoms with van der Waals surface area (Å²) in [5, 5.41) is 3.10. The fraction of sp³-hybridized carbons (Fsp3) is 0.450. The van der Waals surface area contributed by atoms with E-state index in [1.807, 2.05) is 19.1 Å². The maximum Gasteiger partial charge on any atom is 0.347 e. The van der Waals surface area contributed by atoms with E-state index in [0.29, 0.717) is 19.6 Å². The van der Waals surface area contributed by atoms with Gasteiger partial charge in [0, 0.05) is 37.2 Å². The molecular formula is C20H23N3O4. The van der Waals surface area contributed by atoms with Crippen LogP contribution in [0.25, 0.3) is 0 Å². The zero-order valence-corrected chi connectivity index (χ0v) is 15.3. The maximum atomic E-state index is 12.6. The van der Waals surface area contributed by atoms with Gasteiger partial charge in [-0.3, -0.25) is 9.36 Å². The van der Waals surface area contributed by atoms with Crippen molar-refractivity contribution in [3.63, 3.8) is 0 Å². The summed E-state index contributed by atoms with van der Waals surface area (Å²) in [7, 11) is 0. The van der Waals surface area contributed by atoms with Crippen LogP contribution in [-0.4, -0.2) is 34.3 Å². The first-order valence-electron chi connectivity index (χ1n) is 9.23. The van der Waals surface area contributed by atoms with Crippen LogP contribution in [-0.2, 0) is 16.1 Å². The average Bonchev–Trinajstić information content (AvgIpc) is 2.65. The molecule has 1 saturated heterocycles. The highest BCUT2D eigenvalue weighted by Crippen LogP contribution is 2.44. The Morgan fingerprint density at radius 2 is 2.19 bits per heavy atom. The Balaban J connectivity index is 1.58. The lowest BCUT2D eigenvalue weighted by atomic mass is 9.81. The van der Waals surface area contributed by atoms with E-state index in [1.165, 1.54) is 10.8 Å². The number of amides is 1. The molecule has 1 aromatic carbocycles. The van der Waals surface area contributed by atoms with Crippen LogP contribution in [0.4, 0.5) is 0 Å². The van der Waals surface area contributed by atoms with E-state index < -0.39 is 5.69 Å². The van der Waals surface area contributed by atoms with E-state index >= 15 is 0 Å². The highest BCUT2D eigenvalue weighted by atomic mass is 16.5. The second kappa shape index (κ2) is 7.15. The predicted molar refractivity (Wildman–Crippen MR) is 98.6 cm³/mol. The van der Waals surface area contributed by atoms with Crippen LogP contribution < -0.4 is 15.7 Å². The van der Waals surface area contributed by atoms with Gasteiger partial charge >= 0.3 is 5.69 Å². The SMILES string of the molecule is Cc1ccc2c(c1)[C@H](NC(=O)Cn1cccnc1=O)CC1(CCOCC1)O2. The molecule has 0 saturated carbocycles. The number of carbonyl (C=O) groups is 1. The summed E-state index contributed by atoms with van der Waals surface area (Å²) in [6, 6.07) is 7.53.